The van der Waals surface area contributed by atoms with Crippen molar-refractivity contribution >= 4 is 6.21 Å². The molecule has 0 saturated carbocycles. The third-order valence-electron chi connectivity index (χ3n) is 4.76. The Balaban J connectivity index is 1.70. The van der Waals surface area contributed by atoms with E-state index in [9.17, 15) is 14.7 Å². The fraction of sp³-hybridized carbons (Fsp3) is 0.333. The lowest BCUT2D eigenvalue weighted by atomic mass is 10.1. The monoisotopic (exact) mass is 427 g/mol. The number of nitrogens with zero attached hydrogens (tertiary/aromatic N) is 4. The second-order valence-corrected chi connectivity index (χ2v) is 6.78. The molecule has 2 aromatic heterocycles. The van der Waals surface area contributed by atoms with E-state index in [0.717, 1.165) is 23.1 Å². The number of aromatic amines is 1. The first-order valence-electron chi connectivity index (χ1n) is 9.76. The van der Waals surface area contributed by atoms with Gasteiger partial charge in [0.2, 0.25) is 5.88 Å². The summed E-state index contributed by atoms with van der Waals surface area (Å²) in [5.74, 6) is 0.760. The molecule has 0 aliphatic rings. The van der Waals surface area contributed by atoms with Gasteiger partial charge in [0.15, 0.2) is 11.5 Å². The molecule has 3 rings (SSSR count). The van der Waals surface area contributed by atoms with Crippen LogP contribution in [0, 0.1) is 0 Å². The van der Waals surface area contributed by atoms with Crippen molar-refractivity contribution in [2.45, 2.75) is 25.9 Å². The minimum absolute atomic E-state index is 0.0467. The summed E-state index contributed by atoms with van der Waals surface area (Å²) in [6, 6.07) is 5.42. The van der Waals surface area contributed by atoms with Gasteiger partial charge in [0.05, 0.1) is 20.5 Å². The maximum Gasteiger partial charge on any atom is 0.331 e. The predicted molar refractivity (Wildman–Crippen MR) is 116 cm³/mol. The van der Waals surface area contributed by atoms with Gasteiger partial charge in [-0.1, -0.05) is 6.07 Å². The summed E-state index contributed by atoms with van der Waals surface area (Å²) in [6.45, 7) is 1.37. The van der Waals surface area contributed by atoms with E-state index in [4.69, 9.17) is 9.47 Å². The number of benzene rings is 1. The minimum atomic E-state index is -0.680. The highest BCUT2D eigenvalue weighted by Crippen LogP contribution is 2.27. The first kappa shape index (κ1) is 21.9. The van der Waals surface area contributed by atoms with Gasteiger partial charge in [-0.25, -0.2) is 9.78 Å². The fourth-order valence-corrected chi connectivity index (χ4v) is 3.10. The van der Waals surface area contributed by atoms with E-state index >= 15 is 0 Å². The summed E-state index contributed by atoms with van der Waals surface area (Å²) >= 11 is 0. The molecule has 31 heavy (non-hydrogen) atoms. The maximum absolute atomic E-state index is 12.2. The molecule has 2 heterocycles. The Hall–Kier alpha value is -3.82. The molecule has 3 aromatic rings. The Labute approximate surface area is 178 Å². The van der Waals surface area contributed by atoms with Gasteiger partial charge in [-0.3, -0.25) is 19.3 Å². The standard InChI is InChI=1S/C21H25N5O5/c1-30-17-5-4-15(12-18(17)31-2)6-10-26-20(28)16(19(27)24-21(26)29)13-22-7-3-9-25-11-8-23-14-25/h4-5,8,11-14,28H,3,6-7,9-10H2,1-2H3,(H,24,27,29). The number of aromatic nitrogens is 4. The summed E-state index contributed by atoms with van der Waals surface area (Å²) in [6.07, 6.45) is 7.75. The lowest BCUT2D eigenvalue weighted by Gasteiger charge is -2.12. The summed E-state index contributed by atoms with van der Waals surface area (Å²) in [4.78, 5) is 34.8. The highest BCUT2D eigenvalue weighted by molar-refractivity contribution is 5.81. The molecule has 164 valence electrons. The molecule has 0 fully saturated rings. The number of aryl methyl sites for hydroxylation is 2. The van der Waals surface area contributed by atoms with Crippen molar-refractivity contribution in [3.63, 3.8) is 0 Å². The zero-order chi connectivity index (χ0) is 22.2. The van der Waals surface area contributed by atoms with Crippen molar-refractivity contribution < 1.29 is 14.6 Å². The maximum atomic E-state index is 12.2. The number of nitrogens with one attached hydrogen (secondary N) is 1. The van der Waals surface area contributed by atoms with Crippen LogP contribution in [-0.2, 0) is 19.5 Å². The van der Waals surface area contributed by atoms with Crippen LogP contribution in [0.4, 0.5) is 0 Å². The Morgan fingerprint density at radius 2 is 2.00 bits per heavy atom. The van der Waals surface area contributed by atoms with Crippen LogP contribution in [0.3, 0.4) is 0 Å². The number of hydrogen-bond acceptors (Lipinski definition) is 7. The van der Waals surface area contributed by atoms with E-state index in [1.54, 1.807) is 38.9 Å². The number of rotatable bonds is 10. The Morgan fingerprint density at radius 1 is 1.19 bits per heavy atom. The van der Waals surface area contributed by atoms with Crippen molar-refractivity contribution in [2.75, 3.05) is 20.8 Å². The van der Waals surface area contributed by atoms with Gasteiger partial charge in [-0.05, 0) is 30.5 Å². The number of imidazole rings is 1. The Morgan fingerprint density at radius 3 is 2.71 bits per heavy atom. The van der Waals surface area contributed by atoms with Gasteiger partial charge in [-0.15, -0.1) is 0 Å². The summed E-state index contributed by atoms with van der Waals surface area (Å²) < 4.78 is 13.5. The average Bonchev–Trinajstić information content (AvgIpc) is 3.28. The van der Waals surface area contributed by atoms with Crippen molar-refractivity contribution in [1.82, 2.24) is 19.1 Å². The van der Waals surface area contributed by atoms with Crippen molar-refractivity contribution in [3.8, 4) is 17.4 Å². The number of ether oxygens (including phenoxy) is 2. The van der Waals surface area contributed by atoms with Crippen molar-refractivity contribution in [1.29, 1.82) is 0 Å². The molecule has 0 saturated heterocycles. The number of H-pyrrole nitrogens is 1. The molecule has 0 atom stereocenters. The molecule has 0 radical (unpaired) electrons. The van der Waals surface area contributed by atoms with E-state index in [0.29, 0.717) is 24.5 Å². The van der Waals surface area contributed by atoms with E-state index < -0.39 is 17.1 Å². The molecule has 10 nitrogen and oxygen atoms in total. The zero-order valence-corrected chi connectivity index (χ0v) is 17.4. The van der Waals surface area contributed by atoms with E-state index in [2.05, 4.69) is 15.0 Å². The molecule has 0 amide bonds. The van der Waals surface area contributed by atoms with Gasteiger partial charge in [0.25, 0.3) is 5.56 Å². The summed E-state index contributed by atoms with van der Waals surface area (Å²) in [5, 5.41) is 10.5. The van der Waals surface area contributed by atoms with Gasteiger partial charge < -0.3 is 19.1 Å². The van der Waals surface area contributed by atoms with Crippen LogP contribution in [0.2, 0.25) is 0 Å². The second-order valence-electron chi connectivity index (χ2n) is 6.78. The molecule has 0 unspecified atom stereocenters. The number of hydrogen-bond donors (Lipinski definition) is 2. The molecular weight excluding hydrogens is 402 g/mol. The summed E-state index contributed by atoms with van der Waals surface area (Å²) in [5.41, 5.74) is -0.525. The summed E-state index contributed by atoms with van der Waals surface area (Å²) in [7, 11) is 3.09. The van der Waals surface area contributed by atoms with Crippen LogP contribution in [0.15, 0.2) is 51.5 Å². The third-order valence-corrected chi connectivity index (χ3v) is 4.76. The van der Waals surface area contributed by atoms with Crippen LogP contribution < -0.4 is 20.7 Å². The SMILES string of the molecule is COc1ccc(CCn2c(O)c(C=NCCCn3ccnc3)c(=O)[nH]c2=O)cc1OC. The van der Waals surface area contributed by atoms with Crippen LogP contribution in [0.1, 0.15) is 17.5 Å². The van der Waals surface area contributed by atoms with E-state index in [-0.39, 0.29) is 12.1 Å². The molecule has 0 spiro atoms. The number of aromatic hydroxyl groups is 1. The largest absolute Gasteiger partial charge is 0.494 e. The van der Waals surface area contributed by atoms with Crippen molar-refractivity contribution in [2.24, 2.45) is 4.99 Å². The van der Waals surface area contributed by atoms with Gasteiger partial charge in [0.1, 0.15) is 5.56 Å². The van der Waals surface area contributed by atoms with Crippen LogP contribution >= 0.6 is 0 Å². The average molecular weight is 427 g/mol. The van der Waals surface area contributed by atoms with Crippen LogP contribution in [-0.4, -0.2) is 51.2 Å². The fourth-order valence-electron chi connectivity index (χ4n) is 3.10. The second kappa shape index (κ2) is 10.3. The molecule has 2 N–H and O–H groups in total. The molecule has 1 aromatic carbocycles. The molecule has 0 aliphatic heterocycles. The lowest BCUT2D eigenvalue weighted by Crippen LogP contribution is -2.32. The van der Waals surface area contributed by atoms with E-state index in [1.807, 2.05) is 16.8 Å². The van der Waals surface area contributed by atoms with Gasteiger partial charge >= 0.3 is 5.69 Å². The predicted octanol–water partition coefficient (Wildman–Crippen LogP) is 1.21. The Bertz CT molecular complexity index is 1150. The normalized spacial score (nSPS) is 11.2. The lowest BCUT2D eigenvalue weighted by molar-refractivity contribution is 0.354. The van der Waals surface area contributed by atoms with Gasteiger partial charge in [-0.2, -0.15) is 0 Å². The van der Waals surface area contributed by atoms with Crippen molar-refractivity contribution in [3.05, 3.63) is 68.9 Å². The first-order chi connectivity index (χ1) is 15.0. The first-order valence-corrected chi connectivity index (χ1v) is 9.76. The Kier molecular flexibility index (Phi) is 7.26. The minimum Gasteiger partial charge on any atom is -0.494 e. The van der Waals surface area contributed by atoms with Gasteiger partial charge in [0, 0.05) is 38.2 Å². The third kappa shape index (κ3) is 5.41. The molecular formula is C21H25N5O5. The molecule has 10 heteroatoms. The number of aliphatic imine (C=N–C) groups is 1. The quantitative estimate of drug-likeness (QED) is 0.370. The highest BCUT2D eigenvalue weighted by atomic mass is 16.5. The zero-order valence-electron chi connectivity index (χ0n) is 17.4. The topological polar surface area (TPSA) is 124 Å². The molecule has 0 bridgehead atoms. The highest BCUT2D eigenvalue weighted by Gasteiger charge is 2.13. The number of methoxy groups -OCH3 is 2. The van der Waals surface area contributed by atoms with Crippen LogP contribution in [0.5, 0.6) is 17.4 Å². The smallest absolute Gasteiger partial charge is 0.331 e. The van der Waals surface area contributed by atoms with E-state index in [1.165, 1.54) is 6.21 Å². The van der Waals surface area contributed by atoms with Crippen LogP contribution in [0.25, 0.3) is 0 Å². The molecule has 0 aliphatic carbocycles.